The molecule has 0 atom stereocenters. The van der Waals surface area contributed by atoms with E-state index in [9.17, 15) is 13.2 Å². The Balaban J connectivity index is 1.51. The van der Waals surface area contributed by atoms with Gasteiger partial charge in [0.1, 0.15) is 12.4 Å². The Labute approximate surface area is 171 Å². The predicted molar refractivity (Wildman–Crippen MR) is 109 cm³/mol. The minimum absolute atomic E-state index is 0.0466. The highest BCUT2D eigenvalue weighted by molar-refractivity contribution is 7.93. The lowest BCUT2D eigenvalue weighted by molar-refractivity contribution is 0.0947. The van der Waals surface area contributed by atoms with E-state index in [0.717, 1.165) is 0 Å². The van der Waals surface area contributed by atoms with Crippen molar-refractivity contribution in [2.75, 3.05) is 17.9 Å². The van der Waals surface area contributed by atoms with E-state index >= 15 is 0 Å². The maximum absolute atomic E-state index is 12.3. The molecule has 0 aliphatic rings. The fourth-order valence-corrected chi connectivity index (χ4v) is 4.11. The Morgan fingerprint density at radius 1 is 1.11 bits per heavy atom. The number of anilines is 1. The Morgan fingerprint density at radius 3 is 2.46 bits per heavy atom. The third-order valence-corrected chi connectivity index (χ3v) is 5.98. The second-order valence-electron chi connectivity index (χ2n) is 5.53. The summed E-state index contributed by atoms with van der Waals surface area (Å²) in [6.07, 6.45) is 1.51. The van der Waals surface area contributed by atoms with Crippen LogP contribution in [0.25, 0.3) is 0 Å². The van der Waals surface area contributed by atoms with Crippen molar-refractivity contribution in [3.8, 4) is 5.75 Å². The highest BCUT2D eigenvalue weighted by Crippen LogP contribution is 2.18. The average molecular weight is 438 g/mol. The first-order valence-electron chi connectivity index (χ1n) is 8.13. The number of nitrogens with one attached hydrogen (secondary N) is 2. The number of rotatable bonds is 8. The van der Waals surface area contributed by atoms with Gasteiger partial charge in [-0.3, -0.25) is 9.52 Å². The molecule has 28 heavy (non-hydrogen) atoms. The number of hydrogen-bond donors (Lipinski definition) is 2. The van der Waals surface area contributed by atoms with E-state index in [2.05, 4.69) is 15.0 Å². The number of carbonyl (C=O) groups excluding carboxylic acids is 1. The van der Waals surface area contributed by atoms with E-state index in [4.69, 9.17) is 16.3 Å². The van der Waals surface area contributed by atoms with Crippen molar-refractivity contribution in [3.05, 3.63) is 70.7 Å². The monoisotopic (exact) mass is 437 g/mol. The summed E-state index contributed by atoms with van der Waals surface area (Å²) < 4.78 is 32.4. The van der Waals surface area contributed by atoms with E-state index in [-0.39, 0.29) is 22.5 Å². The van der Waals surface area contributed by atoms with Crippen molar-refractivity contribution < 1.29 is 17.9 Å². The minimum Gasteiger partial charge on any atom is -0.492 e. The lowest BCUT2D eigenvalue weighted by Crippen LogP contribution is -2.28. The first-order valence-corrected chi connectivity index (χ1v) is 10.9. The standard InChI is InChI=1S/C18H16ClN3O4S2/c19-14-3-5-15(6-4-14)26-11-9-20-17(23)13-1-7-16(8-2-13)28(24,25)22-18-21-10-12-27-18/h1-8,10,12H,9,11H2,(H,20,23)(H,21,22). The molecule has 0 fully saturated rings. The summed E-state index contributed by atoms with van der Waals surface area (Å²) in [5, 5.41) is 5.28. The van der Waals surface area contributed by atoms with Gasteiger partial charge in [0.05, 0.1) is 11.4 Å². The van der Waals surface area contributed by atoms with Gasteiger partial charge in [-0.2, -0.15) is 0 Å². The molecule has 0 radical (unpaired) electrons. The molecule has 3 aromatic rings. The summed E-state index contributed by atoms with van der Waals surface area (Å²) in [5.74, 6) is 0.331. The quantitative estimate of drug-likeness (QED) is 0.526. The van der Waals surface area contributed by atoms with Crippen LogP contribution in [0.3, 0.4) is 0 Å². The number of sulfonamides is 1. The smallest absolute Gasteiger partial charge is 0.263 e. The molecule has 0 saturated heterocycles. The zero-order chi connectivity index (χ0) is 20.0. The Bertz CT molecular complexity index is 1020. The summed E-state index contributed by atoms with van der Waals surface area (Å²) in [6.45, 7) is 0.588. The first-order chi connectivity index (χ1) is 13.4. The first kappa shape index (κ1) is 20.1. The van der Waals surface area contributed by atoms with Gasteiger partial charge in [-0.05, 0) is 48.5 Å². The van der Waals surface area contributed by atoms with E-state index in [1.165, 1.54) is 41.8 Å². The van der Waals surface area contributed by atoms with Crippen LogP contribution in [0.2, 0.25) is 5.02 Å². The lowest BCUT2D eigenvalue weighted by Gasteiger charge is -2.09. The number of thiazole rings is 1. The van der Waals surface area contributed by atoms with Crippen LogP contribution in [0.15, 0.2) is 65.0 Å². The molecule has 1 heterocycles. The van der Waals surface area contributed by atoms with E-state index in [1.807, 2.05) is 0 Å². The number of halogens is 1. The number of ether oxygens (including phenoxy) is 1. The van der Waals surface area contributed by atoms with Crippen molar-refractivity contribution in [3.63, 3.8) is 0 Å². The Kier molecular flexibility index (Phi) is 6.50. The molecule has 0 spiro atoms. The molecule has 10 heteroatoms. The topological polar surface area (TPSA) is 97.4 Å². The largest absolute Gasteiger partial charge is 0.492 e. The molecule has 0 aliphatic carbocycles. The fraction of sp³-hybridized carbons (Fsp3) is 0.111. The molecule has 7 nitrogen and oxygen atoms in total. The second kappa shape index (κ2) is 9.05. The molecule has 1 aromatic heterocycles. The van der Waals surface area contributed by atoms with Gasteiger partial charge >= 0.3 is 0 Å². The number of hydrogen-bond acceptors (Lipinski definition) is 6. The summed E-state index contributed by atoms with van der Waals surface area (Å²) in [4.78, 5) is 16.1. The van der Waals surface area contributed by atoms with Crippen LogP contribution in [0, 0.1) is 0 Å². The molecule has 0 unspecified atom stereocenters. The van der Waals surface area contributed by atoms with Crippen molar-refractivity contribution in [2.24, 2.45) is 0 Å². The van der Waals surface area contributed by atoms with E-state index in [0.29, 0.717) is 22.9 Å². The second-order valence-corrected chi connectivity index (χ2v) is 8.54. The van der Waals surface area contributed by atoms with Crippen molar-refractivity contribution >= 4 is 44.0 Å². The molecular weight excluding hydrogens is 422 g/mol. The van der Waals surface area contributed by atoms with Crippen molar-refractivity contribution in [1.82, 2.24) is 10.3 Å². The number of aromatic nitrogens is 1. The molecule has 1 amide bonds. The van der Waals surface area contributed by atoms with Crippen molar-refractivity contribution in [2.45, 2.75) is 4.90 Å². The molecule has 0 aliphatic heterocycles. The molecule has 0 saturated carbocycles. The summed E-state index contributed by atoms with van der Waals surface area (Å²) >= 11 is 6.98. The molecule has 2 N–H and O–H groups in total. The summed E-state index contributed by atoms with van der Waals surface area (Å²) in [7, 11) is -3.74. The third kappa shape index (κ3) is 5.44. The van der Waals surface area contributed by atoms with Crippen molar-refractivity contribution in [1.29, 1.82) is 0 Å². The lowest BCUT2D eigenvalue weighted by atomic mass is 10.2. The predicted octanol–water partition coefficient (Wildman–Crippen LogP) is 3.41. The number of nitrogens with zero attached hydrogens (tertiary/aromatic N) is 1. The highest BCUT2D eigenvalue weighted by Gasteiger charge is 2.16. The number of carbonyl (C=O) groups is 1. The van der Waals surface area contributed by atoms with Crippen LogP contribution >= 0.6 is 22.9 Å². The fourth-order valence-electron chi connectivity index (χ4n) is 2.20. The van der Waals surface area contributed by atoms with Gasteiger partial charge in [-0.1, -0.05) is 11.6 Å². The maximum Gasteiger partial charge on any atom is 0.263 e. The average Bonchev–Trinajstić information content (AvgIpc) is 3.19. The van der Waals surface area contributed by atoms with Gasteiger partial charge in [0.2, 0.25) is 0 Å². The summed E-state index contributed by atoms with van der Waals surface area (Å²) in [6, 6.07) is 12.6. The maximum atomic E-state index is 12.3. The van der Waals surface area contributed by atoms with E-state index < -0.39 is 10.0 Å². The van der Waals surface area contributed by atoms with Gasteiger partial charge in [-0.15, -0.1) is 11.3 Å². The van der Waals surface area contributed by atoms with Gasteiger partial charge < -0.3 is 10.1 Å². The molecule has 2 aromatic carbocycles. The highest BCUT2D eigenvalue weighted by atomic mass is 35.5. The van der Waals surface area contributed by atoms with Crippen LogP contribution in [0.4, 0.5) is 5.13 Å². The van der Waals surface area contributed by atoms with Gasteiger partial charge in [0.25, 0.3) is 15.9 Å². The number of benzene rings is 2. The normalized spacial score (nSPS) is 11.0. The van der Waals surface area contributed by atoms with Gasteiger partial charge in [-0.25, -0.2) is 13.4 Å². The third-order valence-electron chi connectivity index (χ3n) is 3.55. The molecule has 146 valence electrons. The molecule has 3 rings (SSSR count). The van der Waals surface area contributed by atoms with Crippen LogP contribution < -0.4 is 14.8 Å². The molecular formula is C18H16ClN3O4S2. The summed E-state index contributed by atoms with van der Waals surface area (Å²) in [5.41, 5.74) is 0.347. The van der Waals surface area contributed by atoms with Crippen LogP contribution in [-0.4, -0.2) is 32.5 Å². The van der Waals surface area contributed by atoms with Crippen LogP contribution in [0.5, 0.6) is 5.75 Å². The Hall–Kier alpha value is -2.62. The number of amides is 1. The Morgan fingerprint density at radius 2 is 1.82 bits per heavy atom. The SMILES string of the molecule is O=C(NCCOc1ccc(Cl)cc1)c1ccc(S(=O)(=O)Nc2nccs2)cc1. The zero-order valence-electron chi connectivity index (χ0n) is 14.5. The molecule has 0 bridgehead atoms. The van der Waals surface area contributed by atoms with Gasteiger partial charge in [0, 0.05) is 22.2 Å². The van der Waals surface area contributed by atoms with Crippen LogP contribution in [0.1, 0.15) is 10.4 Å². The van der Waals surface area contributed by atoms with E-state index in [1.54, 1.807) is 29.6 Å². The zero-order valence-corrected chi connectivity index (χ0v) is 16.9. The van der Waals surface area contributed by atoms with Crippen LogP contribution in [-0.2, 0) is 10.0 Å². The van der Waals surface area contributed by atoms with Gasteiger partial charge in [0.15, 0.2) is 5.13 Å². The minimum atomic E-state index is -3.74.